The molecule has 0 aliphatic heterocycles. The van der Waals surface area contributed by atoms with E-state index < -0.39 is 12.4 Å². The molecule has 0 spiro atoms. The van der Waals surface area contributed by atoms with Crippen molar-refractivity contribution in [1.29, 1.82) is 0 Å². The van der Waals surface area contributed by atoms with Crippen LogP contribution in [0.4, 0.5) is 18.6 Å². The average molecular weight is 241 g/mol. The normalized spacial score (nSPS) is 10.8. The Bertz CT molecular complexity index is 339. The van der Waals surface area contributed by atoms with Gasteiger partial charge < -0.3 is 17.8 Å². The second kappa shape index (κ2) is 5.72. The van der Waals surface area contributed by atoms with Crippen molar-refractivity contribution in [3.8, 4) is 0 Å². The third-order valence-electron chi connectivity index (χ3n) is 2.08. The molecule has 0 N–H and O–H groups in total. The molecule has 0 unspecified atom stereocenters. The summed E-state index contributed by atoms with van der Waals surface area (Å²) in [7, 11) is 3.61. The first-order valence-corrected chi connectivity index (χ1v) is 4.30. The molecule has 0 amide bonds. The van der Waals surface area contributed by atoms with Crippen molar-refractivity contribution in [3.63, 3.8) is 0 Å². The fourth-order valence-corrected chi connectivity index (χ4v) is 1.38. The van der Waals surface area contributed by atoms with Crippen molar-refractivity contribution in [2.24, 2.45) is 0 Å². The number of aryl methyl sites for hydroxylation is 1. The molecule has 0 aliphatic rings. The van der Waals surface area contributed by atoms with Crippen LogP contribution in [0.25, 0.3) is 0 Å². The van der Waals surface area contributed by atoms with Gasteiger partial charge in [-0.15, -0.1) is 5.46 Å². The van der Waals surface area contributed by atoms with Gasteiger partial charge in [0.1, 0.15) is 0 Å². The Hall–Kier alpha value is 0.511. The SMILES string of the molecule is Cc1cc([B-](F)(F)F)ccc1N(C)C.[K+]. The van der Waals surface area contributed by atoms with E-state index in [0.29, 0.717) is 5.56 Å². The van der Waals surface area contributed by atoms with Gasteiger partial charge in [-0.1, -0.05) is 12.1 Å². The van der Waals surface area contributed by atoms with Gasteiger partial charge in [-0.25, -0.2) is 0 Å². The minimum absolute atomic E-state index is 0. The monoisotopic (exact) mass is 241 g/mol. The fourth-order valence-electron chi connectivity index (χ4n) is 1.38. The summed E-state index contributed by atoms with van der Waals surface area (Å²) < 4.78 is 37.0. The molecule has 0 aromatic heterocycles. The van der Waals surface area contributed by atoms with E-state index in [1.807, 2.05) is 0 Å². The maximum atomic E-state index is 12.3. The summed E-state index contributed by atoms with van der Waals surface area (Å²) >= 11 is 0. The predicted octanol–water partition coefficient (Wildman–Crippen LogP) is -0.881. The Kier molecular flexibility index (Phi) is 5.92. The van der Waals surface area contributed by atoms with Crippen molar-refractivity contribution in [2.75, 3.05) is 19.0 Å². The first-order chi connectivity index (χ1) is 6.32. The van der Waals surface area contributed by atoms with Crippen LogP contribution in [0, 0.1) is 6.92 Å². The summed E-state index contributed by atoms with van der Waals surface area (Å²) in [4.78, 5) is 1.79. The van der Waals surface area contributed by atoms with Gasteiger partial charge in [-0.2, -0.15) is 0 Å². The summed E-state index contributed by atoms with van der Waals surface area (Å²) in [6.45, 7) is -3.20. The molecule has 1 rings (SSSR count). The molecule has 0 fully saturated rings. The second-order valence-electron chi connectivity index (χ2n) is 3.52. The molecule has 0 bridgehead atoms. The molecule has 1 aromatic carbocycles. The molecule has 78 valence electrons. The molecule has 0 aliphatic carbocycles. The van der Waals surface area contributed by atoms with Crippen LogP contribution in [0.3, 0.4) is 0 Å². The van der Waals surface area contributed by atoms with Gasteiger partial charge in [0.15, 0.2) is 0 Å². The zero-order chi connectivity index (χ0) is 10.9. The van der Waals surface area contributed by atoms with Crippen LogP contribution in [0.5, 0.6) is 0 Å². The Morgan fingerprint density at radius 1 is 1.13 bits per heavy atom. The summed E-state index contributed by atoms with van der Waals surface area (Å²) in [6.07, 6.45) is 0. The number of nitrogens with zero attached hydrogens (tertiary/aromatic N) is 1. The van der Waals surface area contributed by atoms with Crippen molar-refractivity contribution in [3.05, 3.63) is 23.8 Å². The Balaban J connectivity index is 0.00000196. The summed E-state index contributed by atoms with van der Waals surface area (Å²) in [5.74, 6) is 0. The zero-order valence-corrected chi connectivity index (χ0v) is 12.5. The minimum atomic E-state index is -4.88. The smallest absolute Gasteiger partial charge is 0.445 e. The Morgan fingerprint density at radius 2 is 1.67 bits per heavy atom. The predicted molar refractivity (Wildman–Crippen MR) is 54.2 cm³/mol. The maximum absolute atomic E-state index is 12.3. The summed E-state index contributed by atoms with van der Waals surface area (Å²) in [5, 5.41) is 0. The molecule has 0 saturated carbocycles. The number of hydrogen-bond acceptors (Lipinski definition) is 1. The third-order valence-corrected chi connectivity index (χ3v) is 2.08. The average Bonchev–Trinajstić information content (AvgIpc) is 2.01. The molecule has 0 heterocycles. The molecule has 0 saturated heterocycles. The van der Waals surface area contributed by atoms with E-state index in [-0.39, 0.29) is 51.4 Å². The quantitative estimate of drug-likeness (QED) is 0.608. The Labute approximate surface area is 131 Å². The number of benzene rings is 1. The number of hydrogen-bond donors (Lipinski definition) is 0. The minimum Gasteiger partial charge on any atom is -0.445 e. The third kappa shape index (κ3) is 4.11. The van der Waals surface area contributed by atoms with Crippen molar-refractivity contribution in [1.82, 2.24) is 0 Å². The van der Waals surface area contributed by atoms with E-state index >= 15 is 0 Å². The van der Waals surface area contributed by atoms with Crippen LogP contribution in [-0.2, 0) is 0 Å². The van der Waals surface area contributed by atoms with Crippen LogP contribution < -0.4 is 61.7 Å². The van der Waals surface area contributed by atoms with E-state index in [4.69, 9.17) is 0 Å². The van der Waals surface area contributed by atoms with E-state index in [9.17, 15) is 12.9 Å². The Morgan fingerprint density at radius 3 is 2.00 bits per heavy atom. The van der Waals surface area contributed by atoms with Gasteiger partial charge in [-0.05, 0) is 18.6 Å². The number of anilines is 1. The van der Waals surface area contributed by atoms with Gasteiger partial charge in [-0.3, -0.25) is 0 Å². The largest absolute Gasteiger partial charge is 1.00 e. The van der Waals surface area contributed by atoms with E-state index in [2.05, 4.69) is 0 Å². The second-order valence-corrected chi connectivity index (χ2v) is 3.52. The van der Waals surface area contributed by atoms with Crippen LogP contribution in [0.1, 0.15) is 5.56 Å². The number of rotatable bonds is 2. The molecule has 6 heteroatoms. The van der Waals surface area contributed by atoms with Gasteiger partial charge in [0.25, 0.3) is 0 Å². The van der Waals surface area contributed by atoms with Crippen molar-refractivity contribution >= 4 is 18.1 Å². The molecular formula is C9H12BF3KN. The standard InChI is InChI=1S/C9H12BF3N.K/c1-7-6-8(10(11,12)13)4-5-9(7)14(2)3;/h4-6H,1-3H3;/q-1;+1. The van der Waals surface area contributed by atoms with Crippen LogP contribution in [0.15, 0.2) is 18.2 Å². The molecule has 0 radical (unpaired) electrons. The molecule has 15 heavy (non-hydrogen) atoms. The van der Waals surface area contributed by atoms with Gasteiger partial charge >= 0.3 is 58.4 Å². The van der Waals surface area contributed by atoms with Crippen LogP contribution in [-0.4, -0.2) is 21.1 Å². The molecular weight excluding hydrogens is 229 g/mol. The van der Waals surface area contributed by atoms with Crippen LogP contribution in [0.2, 0.25) is 0 Å². The zero-order valence-electron chi connectivity index (χ0n) is 9.39. The molecule has 1 aromatic rings. The summed E-state index contributed by atoms with van der Waals surface area (Å²) in [5.41, 5.74) is 0.925. The molecule has 0 atom stereocenters. The van der Waals surface area contributed by atoms with E-state index in [0.717, 1.165) is 11.8 Å². The summed E-state index contributed by atoms with van der Waals surface area (Å²) in [6, 6.07) is 3.82. The van der Waals surface area contributed by atoms with E-state index in [1.165, 1.54) is 12.1 Å². The molecule has 1 nitrogen and oxygen atoms in total. The van der Waals surface area contributed by atoms with E-state index in [1.54, 1.807) is 25.9 Å². The van der Waals surface area contributed by atoms with Crippen molar-refractivity contribution in [2.45, 2.75) is 6.92 Å². The van der Waals surface area contributed by atoms with Gasteiger partial charge in [0, 0.05) is 19.8 Å². The van der Waals surface area contributed by atoms with Crippen LogP contribution >= 0.6 is 0 Å². The maximum Gasteiger partial charge on any atom is 1.00 e. The van der Waals surface area contributed by atoms with Gasteiger partial charge in [0.05, 0.1) is 0 Å². The topological polar surface area (TPSA) is 3.24 Å². The van der Waals surface area contributed by atoms with Gasteiger partial charge in [0.2, 0.25) is 0 Å². The van der Waals surface area contributed by atoms with Crippen molar-refractivity contribution < 1.29 is 64.3 Å². The number of halogens is 3. The first-order valence-electron chi connectivity index (χ1n) is 4.30. The first kappa shape index (κ1) is 15.5. The fraction of sp³-hybridized carbons (Fsp3) is 0.333.